The molecule has 0 amide bonds. The Morgan fingerprint density at radius 2 is 2.00 bits per heavy atom. The second-order valence-corrected chi connectivity index (χ2v) is 4.13. The maximum Gasteiger partial charge on any atom is 0.131 e. The van der Waals surface area contributed by atoms with E-state index in [0.29, 0.717) is 11.3 Å². The molecule has 1 rings (SSSR count). The van der Waals surface area contributed by atoms with E-state index in [1.54, 1.807) is 6.07 Å². The zero-order chi connectivity index (χ0) is 11.5. The minimum atomic E-state index is -0.231. The summed E-state index contributed by atoms with van der Waals surface area (Å²) in [6, 6.07) is 7.37. The summed E-state index contributed by atoms with van der Waals surface area (Å²) >= 11 is 0. The Morgan fingerprint density at radius 3 is 2.53 bits per heavy atom. The molecule has 1 aromatic rings. The first kappa shape index (κ1) is 11.6. The largest absolute Gasteiger partial charge is 0.487 e. The number of nitrogens with one attached hydrogen (secondary N) is 1. The Labute approximate surface area is 90.8 Å². The first-order valence-electron chi connectivity index (χ1n) is 5.08. The first-order chi connectivity index (χ1) is 6.96. The molecule has 0 unspecified atom stereocenters. The van der Waals surface area contributed by atoms with E-state index in [4.69, 9.17) is 15.9 Å². The summed E-state index contributed by atoms with van der Waals surface area (Å²) in [6.45, 7) is 6.10. The summed E-state index contributed by atoms with van der Waals surface area (Å²) in [5.41, 5.74) is 5.90. The van der Waals surface area contributed by atoms with Gasteiger partial charge in [0.25, 0.3) is 0 Å². The Hall–Kier alpha value is -1.51. The predicted molar refractivity (Wildman–Crippen MR) is 62.5 cm³/mol. The van der Waals surface area contributed by atoms with Crippen molar-refractivity contribution in [2.45, 2.75) is 32.8 Å². The highest BCUT2D eigenvalue weighted by molar-refractivity contribution is 5.97. The predicted octanol–water partition coefficient (Wildman–Crippen LogP) is 2.54. The van der Waals surface area contributed by atoms with Crippen molar-refractivity contribution in [3.8, 4) is 5.75 Å². The van der Waals surface area contributed by atoms with Crippen LogP contribution in [0, 0.1) is 5.41 Å². The minimum absolute atomic E-state index is 0.0394. The smallest absolute Gasteiger partial charge is 0.131 e. The second kappa shape index (κ2) is 4.34. The van der Waals surface area contributed by atoms with E-state index < -0.39 is 0 Å². The Balaban J connectivity index is 2.99. The van der Waals surface area contributed by atoms with E-state index in [9.17, 15) is 0 Å². The van der Waals surface area contributed by atoms with Gasteiger partial charge in [-0.25, -0.2) is 0 Å². The van der Waals surface area contributed by atoms with Gasteiger partial charge in [0.15, 0.2) is 0 Å². The SMILES string of the molecule is CCC(C)(C)Oc1ccccc1C(=N)N. The highest BCUT2D eigenvalue weighted by atomic mass is 16.5. The number of benzene rings is 1. The molecule has 0 spiro atoms. The molecule has 0 bridgehead atoms. The molecule has 0 aromatic heterocycles. The molecule has 0 atom stereocenters. The van der Waals surface area contributed by atoms with Gasteiger partial charge in [-0.3, -0.25) is 5.41 Å². The highest BCUT2D eigenvalue weighted by Gasteiger charge is 2.18. The fourth-order valence-corrected chi connectivity index (χ4v) is 1.15. The fourth-order valence-electron chi connectivity index (χ4n) is 1.15. The lowest BCUT2D eigenvalue weighted by molar-refractivity contribution is 0.105. The van der Waals surface area contributed by atoms with Crippen molar-refractivity contribution in [2.75, 3.05) is 0 Å². The molecule has 0 saturated carbocycles. The number of amidine groups is 1. The van der Waals surface area contributed by atoms with Crippen molar-refractivity contribution >= 4 is 5.84 Å². The lowest BCUT2D eigenvalue weighted by Gasteiger charge is -2.26. The van der Waals surface area contributed by atoms with Crippen molar-refractivity contribution in [1.82, 2.24) is 0 Å². The van der Waals surface area contributed by atoms with Crippen LogP contribution in [0.15, 0.2) is 24.3 Å². The van der Waals surface area contributed by atoms with Crippen LogP contribution in [0.5, 0.6) is 5.75 Å². The van der Waals surface area contributed by atoms with Crippen LogP contribution in [0.2, 0.25) is 0 Å². The molecule has 1 aromatic carbocycles. The molecule has 15 heavy (non-hydrogen) atoms. The van der Waals surface area contributed by atoms with Crippen LogP contribution in [0.25, 0.3) is 0 Å². The molecule has 0 heterocycles. The molecule has 0 saturated heterocycles. The number of ether oxygens (including phenoxy) is 1. The van der Waals surface area contributed by atoms with Crippen LogP contribution in [0.3, 0.4) is 0 Å². The Kier molecular flexibility index (Phi) is 3.35. The van der Waals surface area contributed by atoms with Gasteiger partial charge >= 0.3 is 0 Å². The quantitative estimate of drug-likeness (QED) is 0.587. The molecule has 0 fully saturated rings. The van der Waals surface area contributed by atoms with Crippen LogP contribution in [0.1, 0.15) is 32.8 Å². The molecule has 0 aliphatic heterocycles. The summed E-state index contributed by atoms with van der Waals surface area (Å²) in [6.07, 6.45) is 0.902. The first-order valence-corrected chi connectivity index (χ1v) is 5.08. The zero-order valence-corrected chi connectivity index (χ0v) is 9.50. The van der Waals surface area contributed by atoms with E-state index in [0.717, 1.165) is 6.42 Å². The molecule has 82 valence electrons. The van der Waals surface area contributed by atoms with Crippen LogP contribution in [-0.4, -0.2) is 11.4 Å². The third-order valence-electron chi connectivity index (χ3n) is 2.41. The molecule has 3 heteroatoms. The normalized spacial score (nSPS) is 11.1. The van der Waals surface area contributed by atoms with Gasteiger partial charge in [-0.15, -0.1) is 0 Å². The van der Waals surface area contributed by atoms with E-state index in [1.165, 1.54) is 0 Å². The van der Waals surface area contributed by atoms with Gasteiger partial charge in [0, 0.05) is 0 Å². The highest BCUT2D eigenvalue weighted by Crippen LogP contribution is 2.24. The summed E-state index contributed by atoms with van der Waals surface area (Å²) in [5.74, 6) is 0.717. The number of para-hydroxylation sites is 1. The number of nitrogens with two attached hydrogens (primary N) is 1. The van der Waals surface area contributed by atoms with Crippen LogP contribution >= 0.6 is 0 Å². The van der Waals surface area contributed by atoms with E-state index in [1.807, 2.05) is 32.0 Å². The molecule has 0 aliphatic rings. The van der Waals surface area contributed by atoms with Crippen molar-refractivity contribution in [2.24, 2.45) is 5.73 Å². The van der Waals surface area contributed by atoms with E-state index in [2.05, 4.69) is 6.92 Å². The van der Waals surface area contributed by atoms with Gasteiger partial charge < -0.3 is 10.5 Å². The molecule has 0 radical (unpaired) electrons. The Bertz CT molecular complexity index is 358. The van der Waals surface area contributed by atoms with Gasteiger partial charge in [0.2, 0.25) is 0 Å². The fraction of sp³-hybridized carbons (Fsp3) is 0.417. The summed E-state index contributed by atoms with van der Waals surface area (Å²) in [5, 5.41) is 7.44. The monoisotopic (exact) mass is 206 g/mol. The van der Waals surface area contributed by atoms with Gasteiger partial charge in [0.1, 0.15) is 17.2 Å². The maximum absolute atomic E-state index is 7.44. The standard InChI is InChI=1S/C12H18N2O/c1-4-12(2,3)15-10-8-6-5-7-9(10)11(13)14/h5-8H,4H2,1-3H3,(H3,13,14). The third-order valence-corrected chi connectivity index (χ3v) is 2.41. The number of nitrogen functional groups attached to an aromatic ring is 1. The second-order valence-electron chi connectivity index (χ2n) is 4.13. The van der Waals surface area contributed by atoms with Gasteiger partial charge in [-0.2, -0.15) is 0 Å². The minimum Gasteiger partial charge on any atom is -0.487 e. The van der Waals surface area contributed by atoms with Crippen molar-refractivity contribution < 1.29 is 4.74 Å². The molecule has 3 N–H and O–H groups in total. The lowest BCUT2D eigenvalue weighted by Crippen LogP contribution is -2.28. The number of hydrogen-bond donors (Lipinski definition) is 2. The summed E-state index contributed by atoms with van der Waals surface area (Å²) in [7, 11) is 0. The average molecular weight is 206 g/mol. The van der Waals surface area contributed by atoms with Crippen molar-refractivity contribution in [3.63, 3.8) is 0 Å². The number of hydrogen-bond acceptors (Lipinski definition) is 2. The van der Waals surface area contributed by atoms with Crippen LogP contribution in [-0.2, 0) is 0 Å². The van der Waals surface area contributed by atoms with E-state index >= 15 is 0 Å². The van der Waals surface area contributed by atoms with Crippen molar-refractivity contribution in [1.29, 1.82) is 5.41 Å². The third kappa shape index (κ3) is 2.98. The number of rotatable bonds is 4. The molecule has 0 aliphatic carbocycles. The molecular formula is C12H18N2O. The lowest BCUT2D eigenvalue weighted by atomic mass is 10.1. The van der Waals surface area contributed by atoms with Gasteiger partial charge in [-0.05, 0) is 32.4 Å². The van der Waals surface area contributed by atoms with Crippen LogP contribution < -0.4 is 10.5 Å². The summed E-state index contributed by atoms with van der Waals surface area (Å²) in [4.78, 5) is 0. The summed E-state index contributed by atoms with van der Waals surface area (Å²) < 4.78 is 5.82. The Morgan fingerprint density at radius 1 is 1.40 bits per heavy atom. The maximum atomic E-state index is 7.44. The molecule has 3 nitrogen and oxygen atoms in total. The van der Waals surface area contributed by atoms with Gasteiger partial charge in [-0.1, -0.05) is 19.1 Å². The van der Waals surface area contributed by atoms with Crippen molar-refractivity contribution in [3.05, 3.63) is 29.8 Å². The topological polar surface area (TPSA) is 59.1 Å². The zero-order valence-electron chi connectivity index (χ0n) is 9.50. The van der Waals surface area contributed by atoms with Crippen LogP contribution in [0.4, 0.5) is 0 Å². The average Bonchev–Trinajstić information content (AvgIpc) is 2.18. The molecular weight excluding hydrogens is 188 g/mol. The van der Waals surface area contributed by atoms with E-state index in [-0.39, 0.29) is 11.4 Å². The van der Waals surface area contributed by atoms with Gasteiger partial charge in [0.05, 0.1) is 5.56 Å².